The predicted molar refractivity (Wildman–Crippen MR) is 227 cm³/mol. The number of hydrogen-bond donors (Lipinski definition) is 1. The van der Waals surface area contributed by atoms with Crippen molar-refractivity contribution in [2.24, 2.45) is 12.0 Å². The maximum atomic E-state index is 14.7. The summed E-state index contributed by atoms with van der Waals surface area (Å²) in [6.45, 7) is 5.16. The second kappa shape index (κ2) is 17.5. The van der Waals surface area contributed by atoms with E-state index in [0.29, 0.717) is 71.9 Å². The molecule has 0 saturated carbocycles. The summed E-state index contributed by atoms with van der Waals surface area (Å²) in [6.07, 6.45) is 4.75. The van der Waals surface area contributed by atoms with E-state index < -0.39 is 5.82 Å². The number of aryl methyl sites for hydroxylation is 1. The number of ketones is 1. The standard InChI is InChI=1S/C46H45ClFN7O6/c1-27-36(12-8-30(22-49)43(27)47)55-24-33(21-37(55)29-9-13-39-40(18-29)61-26-60-39)59-17-5-15-57-14-3-4-16-58-32-10-6-28(7-11-32)44-42(46-51-25-52-54(46)2)45-41-34(38(56)23-50-45)19-31(48)20-35(41)53-44/h6-13,18-20,25,33,37,42,44,53H,3-5,14-17,21,23-24,26H2,1-2H3/t33?,37?,42-,44-/m1/s1. The van der Waals surface area contributed by atoms with Crippen molar-refractivity contribution in [2.75, 3.05) is 56.5 Å². The number of fused-ring (bicyclic) bond motifs is 1. The van der Waals surface area contributed by atoms with E-state index in [9.17, 15) is 14.4 Å². The second-order valence-electron chi connectivity index (χ2n) is 15.6. The Hall–Kier alpha value is -6.01. The number of anilines is 2. The van der Waals surface area contributed by atoms with Gasteiger partial charge in [-0.2, -0.15) is 10.4 Å². The third-order valence-electron chi connectivity index (χ3n) is 11.8. The molecule has 0 aliphatic carbocycles. The Morgan fingerprint density at radius 3 is 2.61 bits per heavy atom. The number of nitrogens with zero attached hydrogens (tertiary/aromatic N) is 6. The van der Waals surface area contributed by atoms with E-state index in [4.69, 9.17) is 40.3 Å². The zero-order valence-electron chi connectivity index (χ0n) is 33.9. The first-order valence-electron chi connectivity index (χ1n) is 20.6. The van der Waals surface area contributed by atoms with E-state index in [1.54, 1.807) is 10.7 Å². The van der Waals surface area contributed by atoms with Crippen molar-refractivity contribution in [1.29, 1.82) is 5.26 Å². The first kappa shape index (κ1) is 40.4. The fourth-order valence-corrected chi connectivity index (χ4v) is 9.01. The molecule has 2 unspecified atom stereocenters. The van der Waals surface area contributed by atoms with Gasteiger partial charge in [-0.1, -0.05) is 29.8 Å². The summed E-state index contributed by atoms with van der Waals surface area (Å²) in [5.41, 5.74) is 6.56. The number of ether oxygens (including phenoxy) is 5. The Morgan fingerprint density at radius 2 is 1.79 bits per heavy atom. The van der Waals surface area contributed by atoms with Gasteiger partial charge in [0.1, 0.15) is 36.3 Å². The molecule has 61 heavy (non-hydrogen) atoms. The number of aliphatic imine (C=N–C) groups is 1. The van der Waals surface area contributed by atoms with Crippen LogP contribution in [0.1, 0.15) is 87.7 Å². The average Bonchev–Trinajstić information content (AvgIpc) is 4.03. The minimum Gasteiger partial charge on any atom is -0.494 e. The number of rotatable bonds is 15. The van der Waals surface area contributed by atoms with Crippen LogP contribution in [0.25, 0.3) is 0 Å². The molecule has 4 aliphatic rings. The molecule has 4 aliphatic heterocycles. The van der Waals surface area contributed by atoms with Gasteiger partial charge >= 0.3 is 0 Å². The van der Waals surface area contributed by atoms with Crippen LogP contribution in [0.2, 0.25) is 5.02 Å². The number of unbranched alkanes of at least 4 members (excludes halogenated alkanes) is 1. The number of halogens is 2. The highest BCUT2D eigenvalue weighted by Gasteiger charge is 2.42. The van der Waals surface area contributed by atoms with Gasteiger partial charge in [-0.05, 0) is 97.8 Å². The monoisotopic (exact) mass is 845 g/mol. The van der Waals surface area contributed by atoms with Gasteiger partial charge in [0, 0.05) is 55.9 Å². The predicted octanol–water partition coefficient (Wildman–Crippen LogP) is 8.05. The van der Waals surface area contributed by atoms with E-state index in [0.717, 1.165) is 65.3 Å². The van der Waals surface area contributed by atoms with Crippen LogP contribution in [-0.2, 0) is 16.5 Å². The summed E-state index contributed by atoms with van der Waals surface area (Å²) in [7, 11) is 1.83. The third-order valence-corrected chi connectivity index (χ3v) is 12.3. The lowest BCUT2D eigenvalue weighted by atomic mass is 9.78. The largest absolute Gasteiger partial charge is 0.494 e. The van der Waals surface area contributed by atoms with Gasteiger partial charge in [0.05, 0.1) is 47.0 Å². The highest BCUT2D eigenvalue weighted by molar-refractivity contribution is 6.33. The molecule has 0 spiro atoms. The normalized spacial score (nSPS) is 20.0. The fraction of sp³-hybridized carbons (Fsp3) is 0.370. The molecule has 5 heterocycles. The Labute approximate surface area is 358 Å². The first-order chi connectivity index (χ1) is 29.8. The molecule has 0 radical (unpaired) electrons. The fourth-order valence-electron chi connectivity index (χ4n) is 8.81. The summed E-state index contributed by atoms with van der Waals surface area (Å²) in [5.74, 6) is 1.88. The SMILES string of the molecule is Cc1c(N2CC(OCCCOCCCCOc3ccc([C@H]4Nc5cc(F)cc6c5C(=NCC6=O)[C@@H]4c4ncnn4C)cc3)CC2c2ccc3c(c2)OCO3)ccc(C#N)c1Cl. The van der Waals surface area contributed by atoms with Crippen LogP contribution in [0.5, 0.6) is 17.2 Å². The molecular formula is C46H45ClFN7O6. The molecule has 1 aromatic heterocycles. The number of nitriles is 1. The van der Waals surface area contributed by atoms with Crippen molar-refractivity contribution in [3.05, 3.63) is 123 Å². The van der Waals surface area contributed by atoms with Crippen molar-refractivity contribution >= 4 is 34.5 Å². The van der Waals surface area contributed by atoms with Gasteiger partial charge in [-0.3, -0.25) is 14.5 Å². The molecule has 15 heteroatoms. The number of benzene rings is 4. The van der Waals surface area contributed by atoms with Gasteiger partial charge in [0.15, 0.2) is 17.3 Å². The first-order valence-corrected chi connectivity index (χ1v) is 20.9. The molecule has 314 valence electrons. The lowest BCUT2D eigenvalue weighted by Gasteiger charge is -2.37. The topological polar surface area (TPSA) is 145 Å². The van der Waals surface area contributed by atoms with Crippen molar-refractivity contribution < 1.29 is 32.9 Å². The van der Waals surface area contributed by atoms with E-state index in [-0.39, 0.29) is 43.2 Å². The van der Waals surface area contributed by atoms with Gasteiger partial charge in [-0.15, -0.1) is 0 Å². The molecular weight excluding hydrogens is 801 g/mol. The van der Waals surface area contributed by atoms with Gasteiger partial charge in [0.25, 0.3) is 0 Å². The number of Topliss-reactive ketones (excluding diaryl/α,β-unsaturated/α-hetero) is 1. The van der Waals surface area contributed by atoms with Crippen molar-refractivity contribution in [3.8, 4) is 23.3 Å². The molecule has 9 rings (SSSR count). The average molecular weight is 846 g/mol. The molecule has 1 fully saturated rings. The quantitative estimate of drug-likeness (QED) is 0.102. The molecule has 5 aromatic rings. The minimum absolute atomic E-state index is 0.00319. The Bertz CT molecular complexity index is 2520. The number of aromatic nitrogens is 3. The number of carbonyl (C=O) groups is 1. The number of hydrogen-bond acceptors (Lipinski definition) is 12. The highest BCUT2D eigenvalue weighted by atomic mass is 35.5. The molecule has 0 bridgehead atoms. The summed E-state index contributed by atoms with van der Waals surface area (Å²) >= 11 is 6.60. The Kier molecular flexibility index (Phi) is 11.6. The van der Waals surface area contributed by atoms with Crippen LogP contribution < -0.4 is 24.4 Å². The smallest absolute Gasteiger partial charge is 0.231 e. The molecule has 4 atom stereocenters. The van der Waals surface area contributed by atoms with Crippen LogP contribution in [0.15, 0.2) is 78.0 Å². The van der Waals surface area contributed by atoms with E-state index in [1.807, 2.05) is 56.4 Å². The molecule has 4 aromatic carbocycles. The summed E-state index contributed by atoms with van der Waals surface area (Å²) in [4.78, 5) is 24.3. The lowest BCUT2D eigenvalue weighted by Crippen LogP contribution is -2.37. The van der Waals surface area contributed by atoms with Crippen LogP contribution >= 0.6 is 11.6 Å². The van der Waals surface area contributed by atoms with Gasteiger partial charge < -0.3 is 33.9 Å². The second-order valence-corrected chi connectivity index (χ2v) is 16.0. The highest BCUT2D eigenvalue weighted by Crippen LogP contribution is 2.46. The maximum Gasteiger partial charge on any atom is 0.231 e. The van der Waals surface area contributed by atoms with Crippen molar-refractivity contribution in [1.82, 2.24) is 14.8 Å². The Balaban J connectivity index is 0.733. The molecule has 1 saturated heterocycles. The van der Waals surface area contributed by atoms with Crippen LogP contribution in [0, 0.1) is 24.1 Å². The Morgan fingerprint density at radius 1 is 0.984 bits per heavy atom. The minimum atomic E-state index is -0.474. The van der Waals surface area contributed by atoms with Gasteiger partial charge in [-0.25, -0.2) is 9.37 Å². The van der Waals surface area contributed by atoms with Gasteiger partial charge in [0.2, 0.25) is 6.79 Å². The summed E-state index contributed by atoms with van der Waals surface area (Å²) in [6, 6.07) is 22.3. The lowest BCUT2D eigenvalue weighted by molar-refractivity contribution is 0.0417. The van der Waals surface area contributed by atoms with E-state index in [1.165, 1.54) is 18.5 Å². The van der Waals surface area contributed by atoms with Crippen LogP contribution in [-0.4, -0.2) is 78.7 Å². The zero-order chi connectivity index (χ0) is 42.0. The summed E-state index contributed by atoms with van der Waals surface area (Å²) in [5, 5.41) is 17.8. The van der Waals surface area contributed by atoms with Crippen molar-refractivity contribution in [2.45, 2.75) is 56.7 Å². The number of carbonyl (C=O) groups excluding carboxylic acids is 1. The summed E-state index contributed by atoms with van der Waals surface area (Å²) < 4.78 is 46.0. The van der Waals surface area contributed by atoms with Crippen LogP contribution in [0.4, 0.5) is 15.8 Å². The zero-order valence-corrected chi connectivity index (χ0v) is 34.7. The van der Waals surface area contributed by atoms with Crippen LogP contribution in [0.3, 0.4) is 0 Å². The maximum absolute atomic E-state index is 14.7. The number of nitrogens with one attached hydrogen (secondary N) is 1. The molecule has 13 nitrogen and oxygen atoms in total. The third kappa shape index (κ3) is 8.13. The van der Waals surface area contributed by atoms with E-state index >= 15 is 0 Å². The van der Waals surface area contributed by atoms with E-state index in [2.05, 4.69) is 32.4 Å². The molecule has 1 N–H and O–H groups in total. The van der Waals surface area contributed by atoms with Crippen molar-refractivity contribution in [3.63, 3.8) is 0 Å². The molecule has 0 amide bonds.